The molecule has 4 heteroatoms. The van der Waals surface area contributed by atoms with Crippen molar-refractivity contribution in [3.8, 4) is 5.75 Å². The van der Waals surface area contributed by atoms with E-state index in [2.05, 4.69) is 5.32 Å². The number of methoxy groups -OCH3 is 1. The van der Waals surface area contributed by atoms with Crippen LogP contribution in [0.2, 0.25) is 0 Å². The molecule has 1 aromatic carbocycles. The summed E-state index contributed by atoms with van der Waals surface area (Å²) in [5, 5.41) is 5.33. The molecule has 0 saturated carbocycles. The van der Waals surface area contributed by atoms with Crippen molar-refractivity contribution in [3.05, 3.63) is 51.5 Å². The first-order valence-corrected chi connectivity index (χ1v) is 7.07. The van der Waals surface area contributed by atoms with Crippen LogP contribution >= 0.6 is 11.3 Å². The van der Waals surface area contributed by atoms with Crippen LogP contribution in [-0.4, -0.2) is 14.2 Å². The smallest absolute Gasteiger partial charge is 0.134 e. The SMILES string of the molecule is CNC(Cc1ccc(F)cc1C)c1sccc1OC. The second kappa shape index (κ2) is 6.17. The van der Waals surface area contributed by atoms with Crippen LogP contribution in [-0.2, 0) is 6.42 Å². The van der Waals surface area contributed by atoms with E-state index in [9.17, 15) is 4.39 Å². The molecule has 0 radical (unpaired) electrons. The molecule has 1 unspecified atom stereocenters. The Hall–Kier alpha value is -1.39. The minimum atomic E-state index is -0.184. The highest BCUT2D eigenvalue weighted by atomic mass is 32.1. The summed E-state index contributed by atoms with van der Waals surface area (Å²) in [7, 11) is 3.62. The molecule has 2 nitrogen and oxygen atoms in total. The molecule has 0 aliphatic rings. The van der Waals surface area contributed by atoms with Gasteiger partial charge in [-0.05, 0) is 55.1 Å². The van der Waals surface area contributed by atoms with E-state index in [-0.39, 0.29) is 11.9 Å². The fourth-order valence-corrected chi connectivity index (χ4v) is 3.14. The predicted octanol–water partition coefficient (Wildman–Crippen LogP) is 3.71. The van der Waals surface area contributed by atoms with Crippen molar-refractivity contribution in [3.63, 3.8) is 0 Å². The van der Waals surface area contributed by atoms with Gasteiger partial charge in [-0.2, -0.15) is 0 Å². The quantitative estimate of drug-likeness (QED) is 0.901. The molecule has 2 rings (SSSR count). The van der Waals surface area contributed by atoms with Crippen LogP contribution in [0.3, 0.4) is 0 Å². The van der Waals surface area contributed by atoms with E-state index < -0.39 is 0 Å². The van der Waals surface area contributed by atoms with Crippen LogP contribution in [0.15, 0.2) is 29.6 Å². The molecule has 19 heavy (non-hydrogen) atoms. The van der Waals surface area contributed by atoms with Gasteiger partial charge >= 0.3 is 0 Å². The maximum absolute atomic E-state index is 13.1. The molecule has 0 aliphatic carbocycles. The maximum Gasteiger partial charge on any atom is 0.134 e. The lowest BCUT2D eigenvalue weighted by Gasteiger charge is -2.17. The van der Waals surface area contributed by atoms with Gasteiger partial charge in [0, 0.05) is 6.04 Å². The zero-order chi connectivity index (χ0) is 13.8. The van der Waals surface area contributed by atoms with Gasteiger partial charge in [0.15, 0.2) is 0 Å². The highest BCUT2D eigenvalue weighted by Crippen LogP contribution is 2.33. The van der Waals surface area contributed by atoms with Crippen LogP contribution < -0.4 is 10.1 Å². The summed E-state index contributed by atoms with van der Waals surface area (Å²) < 4.78 is 18.5. The molecule has 1 aromatic heterocycles. The van der Waals surface area contributed by atoms with Crippen molar-refractivity contribution in [1.29, 1.82) is 0 Å². The Labute approximate surface area is 117 Å². The Morgan fingerprint density at radius 1 is 1.37 bits per heavy atom. The Morgan fingerprint density at radius 3 is 2.79 bits per heavy atom. The number of hydrogen-bond donors (Lipinski definition) is 1. The molecule has 0 aliphatic heterocycles. The summed E-state index contributed by atoms with van der Waals surface area (Å²) in [6.45, 7) is 1.94. The average molecular weight is 279 g/mol. The van der Waals surface area contributed by atoms with Gasteiger partial charge in [-0.25, -0.2) is 4.39 Å². The minimum absolute atomic E-state index is 0.180. The van der Waals surface area contributed by atoms with E-state index in [0.29, 0.717) is 0 Å². The van der Waals surface area contributed by atoms with Gasteiger partial charge in [0.2, 0.25) is 0 Å². The predicted molar refractivity (Wildman–Crippen MR) is 77.5 cm³/mol. The average Bonchev–Trinajstić information content (AvgIpc) is 2.86. The molecule has 0 saturated heterocycles. The van der Waals surface area contributed by atoms with Crippen molar-refractivity contribution in [2.75, 3.05) is 14.2 Å². The van der Waals surface area contributed by atoms with Gasteiger partial charge in [0.05, 0.1) is 12.0 Å². The van der Waals surface area contributed by atoms with Crippen molar-refractivity contribution in [1.82, 2.24) is 5.32 Å². The van der Waals surface area contributed by atoms with E-state index in [1.807, 2.05) is 31.5 Å². The number of hydrogen-bond acceptors (Lipinski definition) is 3. The molecular weight excluding hydrogens is 261 g/mol. The number of halogens is 1. The van der Waals surface area contributed by atoms with E-state index in [1.165, 1.54) is 10.9 Å². The first-order chi connectivity index (χ1) is 9.15. The van der Waals surface area contributed by atoms with Gasteiger partial charge in [-0.15, -0.1) is 11.3 Å². The molecule has 102 valence electrons. The number of nitrogens with one attached hydrogen (secondary N) is 1. The van der Waals surface area contributed by atoms with Crippen molar-refractivity contribution < 1.29 is 9.13 Å². The third-order valence-electron chi connectivity index (χ3n) is 3.27. The summed E-state index contributed by atoms with van der Waals surface area (Å²) in [5.41, 5.74) is 2.13. The highest BCUT2D eigenvalue weighted by molar-refractivity contribution is 7.10. The number of likely N-dealkylation sites (N-methyl/N-ethyl adjacent to an activating group) is 1. The maximum atomic E-state index is 13.1. The topological polar surface area (TPSA) is 21.3 Å². The monoisotopic (exact) mass is 279 g/mol. The normalized spacial score (nSPS) is 12.4. The lowest BCUT2D eigenvalue weighted by molar-refractivity contribution is 0.405. The summed E-state index contributed by atoms with van der Waals surface area (Å²) >= 11 is 1.67. The summed E-state index contributed by atoms with van der Waals surface area (Å²) in [6, 6.07) is 7.10. The Kier molecular flexibility index (Phi) is 4.56. The summed E-state index contributed by atoms with van der Waals surface area (Å²) in [5.74, 6) is 0.722. The first-order valence-electron chi connectivity index (χ1n) is 6.19. The number of benzene rings is 1. The molecule has 2 aromatic rings. The Balaban J connectivity index is 2.24. The Morgan fingerprint density at radius 2 is 2.16 bits per heavy atom. The standard InChI is InChI=1S/C15H18FNOS/c1-10-8-12(16)5-4-11(10)9-13(17-2)15-14(18-3)6-7-19-15/h4-8,13,17H,9H2,1-3H3. The van der Waals surface area contributed by atoms with Crippen molar-refractivity contribution >= 4 is 11.3 Å². The molecule has 0 bridgehead atoms. The number of rotatable bonds is 5. The zero-order valence-electron chi connectivity index (χ0n) is 11.4. The number of ether oxygens (including phenoxy) is 1. The zero-order valence-corrected chi connectivity index (χ0v) is 12.2. The molecule has 1 atom stereocenters. The molecular formula is C15H18FNOS. The van der Waals surface area contributed by atoms with Crippen LogP contribution in [0.25, 0.3) is 0 Å². The first kappa shape index (κ1) is 14.0. The second-order valence-electron chi connectivity index (χ2n) is 4.47. The van der Waals surface area contributed by atoms with Crippen LogP contribution in [0.1, 0.15) is 22.0 Å². The Bertz CT molecular complexity index is 553. The van der Waals surface area contributed by atoms with E-state index in [4.69, 9.17) is 4.74 Å². The second-order valence-corrected chi connectivity index (χ2v) is 5.42. The van der Waals surface area contributed by atoms with E-state index in [0.717, 1.165) is 23.3 Å². The van der Waals surface area contributed by atoms with Crippen molar-refractivity contribution in [2.45, 2.75) is 19.4 Å². The van der Waals surface area contributed by atoms with E-state index >= 15 is 0 Å². The third-order valence-corrected chi connectivity index (χ3v) is 4.28. The third kappa shape index (κ3) is 3.14. The molecule has 0 spiro atoms. The number of aryl methyl sites for hydroxylation is 1. The summed E-state index contributed by atoms with van der Waals surface area (Å²) in [4.78, 5) is 1.17. The number of thiophene rings is 1. The van der Waals surface area contributed by atoms with Gasteiger partial charge in [0.1, 0.15) is 11.6 Å². The minimum Gasteiger partial charge on any atom is -0.496 e. The van der Waals surface area contributed by atoms with Gasteiger partial charge in [-0.1, -0.05) is 6.07 Å². The van der Waals surface area contributed by atoms with Gasteiger partial charge < -0.3 is 10.1 Å². The van der Waals surface area contributed by atoms with Crippen molar-refractivity contribution in [2.24, 2.45) is 0 Å². The lowest BCUT2D eigenvalue weighted by atomic mass is 10.00. The molecule has 0 amide bonds. The van der Waals surface area contributed by atoms with E-state index in [1.54, 1.807) is 24.5 Å². The largest absolute Gasteiger partial charge is 0.496 e. The molecule has 1 N–H and O–H groups in total. The summed E-state index contributed by atoms with van der Waals surface area (Å²) in [6.07, 6.45) is 0.819. The molecule has 1 heterocycles. The van der Waals surface area contributed by atoms with Gasteiger partial charge in [0.25, 0.3) is 0 Å². The fraction of sp³-hybridized carbons (Fsp3) is 0.333. The lowest BCUT2D eigenvalue weighted by Crippen LogP contribution is -2.18. The van der Waals surface area contributed by atoms with Crippen LogP contribution in [0.4, 0.5) is 4.39 Å². The van der Waals surface area contributed by atoms with Crippen LogP contribution in [0, 0.1) is 12.7 Å². The molecule has 0 fully saturated rings. The fourth-order valence-electron chi connectivity index (χ4n) is 2.17. The van der Waals surface area contributed by atoms with Gasteiger partial charge in [-0.3, -0.25) is 0 Å². The highest BCUT2D eigenvalue weighted by Gasteiger charge is 2.17. The van der Waals surface area contributed by atoms with Crippen LogP contribution in [0.5, 0.6) is 5.75 Å².